The number of rotatable bonds is 5. The van der Waals surface area contributed by atoms with E-state index in [0.29, 0.717) is 11.1 Å². The summed E-state index contributed by atoms with van der Waals surface area (Å²) in [5.41, 5.74) is 6.39. The van der Waals surface area contributed by atoms with E-state index in [0.717, 1.165) is 6.07 Å². The van der Waals surface area contributed by atoms with Crippen LogP contribution in [-0.2, 0) is 0 Å². The minimum absolute atomic E-state index is 0.00765. The van der Waals surface area contributed by atoms with Crippen molar-refractivity contribution in [2.24, 2.45) is 0 Å². The van der Waals surface area contributed by atoms with E-state index >= 15 is 0 Å². The molecule has 132 valence electrons. The maximum atomic E-state index is 13.3. The summed E-state index contributed by atoms with van der Waals surface area (Å²) in [5.74, 6) is -1.04. The molecule has 5 nitrogen and oxygen atoms in total. The molecule has 0 saturated carbocycles. The minimum atomic E-state index is -0.713. The quantitative estimate of drug-likeness (QED) is 0.531. The molecule has 0 aliphatic carbocycles. The summed E-state index contributed by atoms with van der Waals surface area (Å²) in [6.45, 7) is 0. The number of carbonyl (C=O) groups is 1. The average molecular weight is 352 g/mol. The molecular weight excluding hydrogens is 335 g/mol. The molecule has 4 N–H and O–H groups in total. The van der Waals surface area contributed by atoms with Crippen molar-refractivity contribution in [3.8, 4) is 11.5 Å². The van der Waals surface area contributed by atoms with Crippen LogP contribution >= 0.6 is 0 Å². The van der Waals surface area contributed by atoms with E-state index in [4.69, 9.17) is 0 Å². The van der Waals surface area contributed by atoms with Gasteiger partial charge in [-0.1, -0.05) is 42.5 Å². The van der Waals surface area contributed by atoms with E-state index in [2.05, 4.69) is 10.9 Å². The Morgan fingerprint density at radius 1 is 0.846 bits per heavy atom. The van der Waals surface area contributed by atoms with Crippen molar-refractivity contribution < 1.29 is 19.4 Å². The van der Waals surface area contributed by atoms with Crippen molar-refractivity contribution in [2.75, 3.05) is 0 Å². The van der Waals surface area contributed by atoms with E-state index in [-0.39, 0.29) is 17.1 Å². The number of carbonyl (C=O) groups excluding carboxylic acids is 1. The average Bonchev–Trinajstić information content (AvgIpc) is 2.64. The second-order valence-electron chi connectivity index (χ2n) is 5.66. The third-order valence-electron chi connectivity index (χ3n) is 3.91. The van der Waals surface area contributed by atoms with Crippen molar-refractivity contribution in [1.82, 2.24) is 10.9 Å². The number of aromatic hydroxyl groups is 2. The lowest BCUT2D eigenvalue weighted by Crippen LogP contribution is -2.40. The molecule has 0 heterocycles. The molecule has 1 amide bonds. The van der Waals surface area contributed by atoms with Gasteiger partial charge < -0.3 is 10.2 Å². The van der Waals surface area contributed by atoms with Gasteiger partial charge >= 0.3 is 0 Å². The summed E-state index contributed by atoms with van der Waals surface area (Å²) >= 11 is 0. The lowest BCUT2D eigenvalue weighted by atomic mass is 9.97. The van der Waals surface area contributed by atoms with Gasteiger partial charge in [-0.25, -0.2) is 9.82 Å². The highest BCUT2D eigenvalue weighted by Gasteiger charge is 2.21. The highest BCUT2D eigenvalue weighted by molar-refractivity contribution is 5.93. The van der Waals surface area contributed by atoms with Gasteiger partial charge in [0, 0.05) is 16.7 Å². The van der Waals surface area contributed by atoms with Crippen LogP contribution in [0.5, 0.6) is 11.5 Å². The third-order valence-corrected chi connectivity index (χ3v) is 3.91. The van der Waals surface area contributed by atoms with Gasteiger partial charge in [-0.05, 0) is 30.3 Å². The largest absolute Gasteiger partial charge is 0.508 e. The smallest absolute Gasteiger partial charge is 0.265 e. The number of hydrogen-bond donors (Lipinski definition) is 4. The standard InChI is InChI=1S/C20H17FN2O3/c21-14-7-5-6-13(12-14)20(26)23-22-19(15-8-1-3-10-17(15)24)16-9-2-4-11-18(16)25/h1-12,19,22,24-25H,(H,23,26). The maximum absolute atomic E-state index is 13.3. The van der Waals surface area contributed by atoms with Crippen LogP contribution in [0.4, 0.5) is 4.39 Å². The molecule has 0 unspecified atom stereocenters. The zero-order valence-electron chi connectivity index (χ0n) is 13.7. The number of hydrogen-bond acceptors (Lipinski definition) is 4. The molecule has 0 aromatic heterocycles. The number of phenols is 2. The van der Waals surface area contributed by atoms with Crippen LogP contribution in [0.25, 0.3) is 0 Å². The molecule has 0 aliphatic rings. The molecule has 0 spiro atoms. The van der Waals surface area contributed by atoms with Crippen LogP contribution < -0.4 is 10.9 Å². The van der Waals surface area contributed by atoms with Gasteiger partial charge in [-0.15, -0.1) is 0 Å². The van der Waals surface area contributed by atoms with Crippen LogP contribution in [0.15, 0.2) is 72.8 Å². The van der Waals surface area contributed by atoms with Crippen molar-refractivity contribution in [2.45, 2.75) is 6.04 Å². The van der Waals surface area contributed by atoms with Crippen LogP contribution in [-0.4, -0.2) is 16.1 Å². The number of hydrazine groups is 1. The van der Waals surface area contributed by atoms with Gasteiger partial charge in [0.15, 0.2) is 0 Å². The Labute approximate surface area is 149 Å². The van der Waals surface area contributed by atoms with Crippen LogP contribution in [0, 0.1) is 5.82 Å². The molecule has 0 bridgehead atoms. The summed E-state index contributed by atoms with van der Waals surface area (Å²) in [4.78, 5) is 12.3. The number of amides is 1. The molecule has 0 atom stereocenters. The van der Waals surface area contributed by atoms with E-state index in [1.807, 2.05) is 0 Å². The predicted octanol–water partition coefficient (Wildman–Crippen LogP) is 3.26. The molecule has 0 aliphatic heterocycles. The highest BCUT2D eigenvalue weighted by atomic mass is 19.1. The number of benzene rings is 3. The molecule has 3 rings (SSSR count). The van der Waals surface area contributed by atoms with Gasteiger partial charge in [0.1, 0.15) is 17.3 Å². The third kappa shape index (κ3) is 3.81. The van der Waals surface area contributed by atoms with Crippen LogP contribution in [0.3, 0.4) is 0 Å². The number of halogens is 1. The second-order valence-corrected chi connectivity index (χ2v) is 5.66. The zero-order chi connectivity index (χ0) is 18.5. The Balaban J connectivity index is 1.89. The first-order valence-corrected chi connectivity index (χ1v) is 7.93. The lowest BCUT2D eigenvalue weighted by molar-refractivity contribution is 0.0927. The van der Waals surface area contributed by atoms with Crippen molar-refractivity contribution >= 4 is 5.91 Å². The van der Waals surface area contributed by atoms with E-state index < -0.39 is 17.8 Å². The fourth-order valence-corrected chi connectivity index (χ4v) is 2.63. The minimum Gasteiger partial charge on any atom is -0.508 e. The predicted molar refractivity (Wildman–Crippen MR) is 95.1 cm³/mol. The summed E-state index contributed by atoms with van der Waals surface area (Å²) < 4.78 is 13.3. The first kappa shape index (κ1) is 17.4. The van der Waals surface area contributed by atoms with Crippen LogP contribution in [0.1, 0.15) is 27.5 Å². The zero-order valence-corrected chi connectivity index (χ0v) is 13.7. The van der Waals surface area contributed by atoms with Gasteiger partial charge in [-0.2, -0.15) is 0 Å². The van der Waals surface area contributed by atoms with Gasteiger partial charge in [0.25, 0.3) is 5.91 Å². The van der Waals surface area contributed by atoms with Gasteiger partial charge in [0.05, 0.1) is 6.04 Å². The van der Waals surface area contributed by atoms with Gasteiger partial charge in [-0.3, -0.25) is 10.2 Å². The maximum Gasteiger partial charge on any atom is 0.265 e. The summed E-state index contributed by atoms with van der Waals surface area (Å²) in [6.07, 6.45) is 0. The summed E-state index contributed by atoms with van der Waals surface area (Å²) in [5, 5.41) is 20.3. The van der Waals surface area contributed by atoms with Crippen LogP contribution in [0.2, 0.25) is 0 Å². The number of phenolic OH excluding ortho intramolecular Hbond substituents is 2. The molecular formula is C20H17FN2O3. The molecule has 0 fully saturated rings. The first-order chi connectivity index (χ1) is 12.6. The van der Waals surface area contributed by atoms with E-state index in [1.54, 1.807) is 36.4 Å². The number of para-hydroxylation sites is 2. The Hall–Kier alpha value is -3.38. The molecule has 3 aromatic rings. The normalized spacial score (nSPS) is 10.7. The highest BCUT2D eigenvalue weighted by Crippen LogP contribution is 2.33. The summed E-state index contributed by atoms with van der Waals surface area (Å²) in [6, 6.07) is 17.8. The monoisotopic (exact) mass is 352 g/mol. The van der Waals surface area contributed by atoms with E-state index in [1.165, 1.54) is 30.3 Å². The Morgan fingerprint density at radius 3 is 1.96 bits per heavy atom. The Bertz CT molecular complexity index is 885. The van der Waals surface area contributed by atoms with Crippen molar-refractivity contribution in [3.63, 3.8) is 0 Å². The molecule has 0 radical (unpaired) electrons. The summed E-state index contributed by atoms with van der Waals surface area (Å²) in [7, 11) is 0. The van der Waals surface area contributed by atoms with Crippen molar-refractivity contribution in [1.29, 1.82) is 0 Å². The molecule has 6 heteroatoms. The van der Waals surface area contributed by atoms with Crippen molar-refractivity contribution in [3.05, 3.63) is 95.3 Å². The molecule has 26 heavy (non-hydrogen) atoms. The Kier molecular flexibility index (Phi) is 5.15. The Morgan fingerprint density at radius 2 is 1.42 bits per heavy atom. The van der Waals surface area contributed by atoms with E-state index in [9.17, 15) is 19.4 Å². The molecule has 0 saturated heterocycles. The number of nitrogens with one attached hydrogen (secondary N) is 2. The SMILES string of the molecule is O=C(NNC(c1ccccc1O)c1ccccc1O)c1cccc(F)c1. The second kappa shape index (κ2) is 7.67. The lowest BCUT2D eigenvalue weighted by Gasteiger charge is -2.22. The fourth-order valence-electron chi connectivity index (χ4n) is 2.63. The fraction of sp³-hybridized carbons (Fsp3) is 0.0500. The topological polar surface area (TPSA) is 81.6 Å². The molecule has 3 aromatic carbocycles. The first-order valence-electron chi connectivity index (χ1n) is 7.93. The van der Waals surface area contributed by atoms with Gasteiger partial charge in [0.2, 0.25) is 0 Å².